The lowest BCUT2D eigenvalue weighted by molar-refractivity contribution is -0.00453. The number of aryl methyl sites for hydroxylation is 1. The summed E-state index contributed by atoms with van der Waals surface area (Å²) >= 11 is 0. The zero-order valence-electron chi connectivity index (χ0n) is 8.91. The molecule has 0 aliphatic rings. The van der Waals surface area contributed by atoms with Crippen molar-refractivity contribution < 1.29 is 9.15 Å². The molecular formula is C9H17N3O2. The van der Waals surface area contributed by atoms with Crippen molar-refractivity contribution in [1.82, 2.24) is 10.2 Å². The zero-order valence-corrected chi connectivity index (χ0v) is 8.91. The van der Waals surface area contributed by atoms with Crippen LogP contribution in [0.5, 0.6) is 0 Å². The Morgan fingerprint density at radius 3 is 2.71 bits per heavy atom. The Kier molecular flexibility index (Phi) is 3.60. The van der Waals surface area contributed by atoms with E-state index in [0.717, 1.165) is 12.8 Å². The van der Waals surface area contributed by atoms with E-state index in [1.807, 2.05) is 13.8 Å². The van der Waals surface area contributed by atoms with E-state index in [0.29, 0.717) is 18.3 Å². The summed E-state index contributed by atoms with van der Waals surface area (Å²) in [7, 11) is 1.61. The summed E-state index contributed by atoms with van der Waals surface area (Å²) in [6, 6.07) is 0. The van der Waals surface area contributed by atoms with Gasteiger partial charge in [-0.1, -0.05) is 0 Å². The summed E-state index contributed by atoms with van der Waals surface area (Å²) in [6.45, 7) is 4.39. The quantitative estimate of drug-likeness (QED) is 0.760. The van der Waals surface area contributed by atoms with Crippen LogP contribution in [0.15, 0.2) is 4.42 Å². The minimum atomic E-state index is -0.520. The summed E-state index contributed by atoms with van der Waals surface area (Å²) in [5, 5.41) is 7.84. The number of nitrogens with zero attached hydrogens (tertiary/aromatic N) is 2. The summed E-state index contributed by atoms with van der Waals surface area (Å²) in [5.41, 5.74) is 4.86. The van der Waals surface area contributed by atoms with Gasteiger partial charge in [0.1, 0.15) is 5.60 Å². The molecule has 0 aromatic carbocycles. The second kappa shape index (κ2) is 4.52. The highest BCUT2D eigenvalue weighted by Gasteiger charge is 2.26. The van der Waals surface area contributed by atoms with E-state index in [4.69, 9.17) is 14.9 Å². The fourth-order valence-corrected chi connectivity index (χ4v) is 0.939. The summed E-state index contributed by atoms with van der Waals surface area (Å²) < 4.78 is 10.7. The van der Waals surface area contributed by atoms with Gasteiger partial charge in [-0.05, 0) is 26.8 Å². The average molecular weight is 199 g/mol. The molecule has 80 valence electrons. The third-order valence-corrected chi connectivity index (χ3v) is 2.09. The van der Waals surface area contributed by atoms with Crippen LogP contribution in [0.3, 0.4) is 0 Å². The SMILES string of the molecule is COC(C)(C)c1nnc(CCCN)o1. The summed E-state index contributed by atoms with van der Waals surface area (Å²) in [5.74, 6) is 1.13. The highest BCUT2D eigenvalue weighted by molar-refractivity contribution is 4.93. The largest absolute Gasteiger partial charge is 0.422 e. The zero-order chi connectivity index (χ0) is 10.6. The van der Waals surface area contributed by atoms with E-state index < -0.39 is 5.60 Å². The molecule has 1 heterocycles. The molecule has 5 nitrogen and oxygen atoms in total. The Labute approximate surface area is 83.6 Å². The van der Waals surface area contributed by atoms with Gasteiger partial charge in [-0.2, -0.15) is 0 Å². The molecule has 0 saturated carbocycles. The molecule has 0 atom stereocenters. The maximum Gasteiger partial charge on any atom is 0.247 e. The van der Waals surface area contributed by atoms with E-state index in [2.05, 4.69) is 10.2 Å². The third kappa shape index (κ3) is 2.52. The van der Waals surface area contributed by atoms with Gasteiger partial charge in [-0.15, -0.1) is 10.2 Å². The molecule has 0 amide bonds. The van der Waals surface area contributed by atoms with E-state index in [-0.39, 0.29) is 0 Å². The number of methoxy groups -OCH3 is 1. The van der Waals surface area contributed by atoms with Gasteiger partial charge in [-0.3, -0.25) is 0 Å². The van der Waals surface area contributed by atoms with Crippen LogP contribution in [0.2, 0.25) is 0 Å². The monoisotopic (exact) mass is 199 g/mol. The van der Waals surface area contributed by atoms with Crippen molar-refractivity contribution in [2.45, 2.75) is 32.3 Å². The fourth-order valence-electron chi connectivity index (χ4n) is 0.939. The van der Waals surface area contributed by atoms with Gasteiger partial charge in [0.05, 0.1) is 0 Å². The lowest BCUT2D eigenvalue weighted by Gasteiger charge is -2.17. The topological polar surface area (TPSA) is 74.2 Å². The number of nitrogens with two attached hydrogens (primary N) is 1. The van der Waals surface area contributed by atoms with Crippen molar-refractivity contribution >= 4 is 0 Å². The number of hydrogen-bond acceptors (Lipinski definition) is 5. The van der Waals surface area contributed by atoms with E-state index >= 15 is 0 Å². The molecule has 14 heavy (non-hydrogen) atoms. The van der Waals surface area contributed by atoms with Crippen molar-refractivity contribution in [3.05, 3.63) is 11.8 Å². The summed E-state index contributed by atoms with van der Waals surface area (Å²) in [4.78, 5) is 0. The predicted molar refractivity (Wildman–Crippen MR) is 51.7 cm³/mol. The molecule has 0 aliphatic heterocycles. The highest BCUT2D eigenvalue weighted by Crippen LogP contribution is 2.22. The van der Waals surface area contributed by atoms with Gasteiger partial charge in [0, 0.05) is 13.5 Å². The van der Waals surface area contributed by atoms with Gasteiger partial charge in [0.15, 0.2) is 0 Å². The molecule has 5 heteroatoms. The van der Waals surface area contributed by atoms with Gasteiger partial charge in [0.2, 0.25) is 11.8 Å². The lowest BCUT2D eigenvalue weighted by atomic mass is 10.1. The molecule has 0 aliphatic carbocycles. The molecule has 2 N–H and O–H groups in total. The molecule has 1 aromatic heterocycles. The highest BCUT2D eigenvalue weighted by atomic mass is 16.5. The molecule has 0 fully saturated rings. The van der Waals surface area contributed by atoms with Crippen molar-refractivity contribution in [1.29, 1.82) is 0 Å². The first-order valence-electron chi connectivity index (χ1n) is 4.68. The minimum absolute atomic E-state index is 0.507. The maximum absolute atomic E-state index is 5.44. The lowest BCUT2D eigenvalue weighted by Crippen LogP contribution is -2.19. The van der Waals surface area contributed by atoms with Gasteiger partial charge < -0.3 is 14.9 Å². The Morgan fingerprint density at radius 2 is 2.14 bits per heavy atom. The van der Waals surface area contributed by atoms with Gasteiger partial charge >= 0.3 is 0 Å². The second-order valence-electron chi connectivity index (χ2n) is 3.61. The first kappa shape index (κ1) is 11.1. The minimum Gasteiger partial charge on any atom is -0.422 e. The number of hydrogen-bond donors (Lipinski definition) is 1. The van der Waals surface area contributed by atoms with Crippen LogP contribution in [0.25, 0.3) is 0 Å². The smallest absolute Gasteiger partial charge is 0.247 e. The van der Waals surface area contributed by atoms with Crippen LogP contribution in [-0.2, 0) is 16.8 Å². The Morgan fingerprint density at radius 1 is 1.43 bits per heavy atom. The van der Waals surface area contributed by atoms with Gasteiger partial charge in [-0.25, -0.2) is 0 Å². The number of rotatable bonds is 5. The average Bonchev–Trinajstić information content (AvgIpc) is 2.63. The molecule has 0 bridgehead atoms. The van der Waals surface area contributed by atoms with Crippen LogP contribution in [0.4, 0.5) is 0 Å². The van der Waals surface area contributed by atoms with Crippen molar-refractivity contribution in [2.24, 2.45) is 5.73 Å². The van der Waals surface area contributed by atoms with E-state index in [1.54, 1.807) is 7.11 Å². The summed E-state index contributed by atoms with van der Waals surface area (Å²) in [6.07, 6.45) is 1.58. The Balaban J connectivity index is 2.67. The molecule has 1 rings (SSSR count). The van der Waals surface area contributed by atoms with Crippen LogP contribution in [0.1, 0.15) is 32.0 Å². The predicted octanol–water partition coefficient (Wildman–Crippen LogP) is 0.842. The fraction of sp³-hybridized carbons (Fsp3) is 0.778. The first-order valence-corrected chi connectivity index (χ1v) is 4.68. The van der Waals surface area contributed by atoms with Gasteiger partial charge in [0.25, 0.3) is 0 Å². The van der Waals surface area contributed by atoms with Crippen molar-refractivity contribution in [3.8, 4) is 0 Å². The Hall–Kier alpha value is -0.940. The molecular weight excluding hydrogens is 182 g/mol. The Bertz CT molecular complexity index is 283. The van der Waals surface area contributed by atoms with Crippen LogP contribution < -0.4 is 5.73 Å². The van der Waals surface area contributed by atoms with Crippen LogP contribution >= 0.6 is 0 Å². The molecule has 0 spiro atoms. The van der Waals surface area contributed by atoms with Crippen LogP contribution in [0, 0.1) is 0 Å². The van der Waals surface area contributed by atoms with Crippen molar-refractivity contribution in [2.75, 3.05) is 13.7 Å². The second-order valence-corrected chi connectivity index (χ2v) is 3.61. The third-order valence-electron chi connectivity index (χ3n) is 2.09. The molecule has 0 radical (unpaired) electrons. The van der Waals surface area contributed by atoms with E-state index in [9.17, 15) is 0 Å². The molecule has 1 aromatic rings. The molecule has 0 saturated heterocycles. The normalized spacial score (nSPS) is 12.0. The van der Waals surface area contributed by atoms with Crippen LogP contribution in [-0.4, -0.2) is 23.9 Å². The van der Waals surface area contributed by atoms with E-state index in [1.165, 1.54) is 0 Å². The first-order chi connectivity index (χ1) is 6.60. The molecule has 0 unspecified atom stereocenters. The standard InChI is InChI=1S/C9H17N3O2/c1-9(2,13-3)8-12-11-7(14-8)5-4-6-10/h4-6,10H2,1-3H3. The number of ether oxygens (including phenoxy) is 1. The van der Waals surface area contributed by atoms with Crippen molar-refractivity contribution in [3.63, 3.8) is 0 Å². The number of aromatic nitrogens is 2. The maximum atomic E-state index is 5.44.